The van der Waals surface area contributed by atoms with Gasteiger partial charge in [-0.1, -0.05) is 0 Å². The number of nitrogens with two attached hydrogens (primary N) is 1. The molecule has 18 heavy (non-hydrogen) atoms. The highest BCUT2D eigenvalue weighted by Crippen LogP contribution is 2.19. The first-order valence-electron chi connectivity index (χ1n) is 5.89. The van der Waals surface area contributed by atoms with Crippen molar-refractivity contribution < 1.29 is 9.52 Å². The molecule has 0 fully saturated rings. The van der Waals surface area contributed by atoms with Crippen LogP contribution < -0.4 is 5.73 Å². The van der Waals surface area contributed by atoms with E-state index in [9.17, 15) is 5.11 Å². The zero-order chi connectivity index (χ0) is 13.3. The second-order valence-corrected chi connectivity index (χ2v) is 5.32. The molecule has 0 saturated carbocycles. The molecule has 3 N–H and O–H groups in total. The highest BCUT2D eigenvalue weighted by atomic mass is 16.3. The summed E-state index contributed by atoms with van der Waals surface area (Å²) in [7, 11) is 1.92. The molecule has 2 rings (SSSR count). The zero-order valence-electron chi connectivity index (χ0n) is 11.0. The number of benzene rings is 1. The third kappa shape index (κ3) is 3.21. The average molecular weight is 249 g/mol. The molecule has 0 saturated heterocycles. The van der Waals surface area contributed by atoms with Gasteiger partial charge in [-0.05, 0) is 33.0 Å². The number of likely N-dealkylation sites (N-methyl/N-ethyl adjacent to an activating group) is 1. The maximum Gasteiger partial charge on any atom is 0.209 e. The highest BCUT2D eigenvalue weighted by Gasteiger charge is 2.17. The fraction of sp³-hybridized carbons (Fsp3) is 0.462. The lowest BCUT2D eigenvalue weighted by atomic mass is 10.1. The number of aliphatic hydroxyl groups is 1. The van der Waals surface area contributed by atoms with Crippen molar-refractivity contribution in [2.24, 2.45) is 0 Å². The van der Waals surface area contributed by atoms with Gasteiger partial charge in [0.2, 0.25) is 5.89 Å². The van der Waals surface area contributed by atoms with Crippen LogP contribution in [0.5, 0.6) is 0 Å². The van der Waals surface area contributed by atoms with Crippen molar-refractivity contribution in [1.29, 1.82) is 0 Å². The Hall–Kier alpha value is -1.59. The van der Waals surface area contributed by atoms with E-state index in [0.29, 0.717) is 30.3 Å². The maximum atomic E-state index is 9.73. The molecule has 0 atom stereocenters. The fourth-order valence-electron chi connectivity index (χ4n) is 2.00. The lowest BCUT2D eigenvalue weighted by Gasteiger charge is -2.24. The number of hydrogen-bond donors (Lipinski definition) is 2. The van der Waals surface area contributed by atoms with E-state index in [1.165, 1.54) is 0 Å². The number of anilines is 1. The van der Waals surface area contributed by atoms with Crippen LogP contribution >= 0.6 is 0 Å². The first-order chi connectivity index (χ1) is 8.33. The van der Waals surface area contributed by atoms with Gasteiger partial charge >= 0.3 is 0 Å². The molecule has 0 spiro atoms. The van der Waals surface area contributed by atoms with E-state index in [0.717, 1.165) is 5.52 Å². The van der Waals surface area contributed by atoms with Crippen LogP contribution in [0, 0.1) is 0 Å². The van der Waals surface area contributed by atoms with Gasteiger partial charge in [0, 0.05) is 18.3 Å². The van der Waals surface area contributed by atoms with Crippen molar-refractivity contribution in [2.45, 2.75) is 26.0 Å². The molecule has 1 heterocycles. The minimum atomic E-state index is -0.731. The molecule has 5 heteroatoms. The number of hydrogen-bond acceptors (Lipinski definition) is 5. The van der Waals surface area contributed by atoms with Crippen molar-refractivity contribution in [3.05, 3.63) is 24.1 Å². The van der Waals surface area contributed by atoms with Gasteiger partial charge in [-0.2, -0.15) is 0 Å². The van der Waals surface area contributed by atoms with Crippen LogP contribution in [0.3, 0.4) is 0 Å². The largest absolute Gasteiger partial charge is 0.439 e. The van der Waals surface area contributed by atoms with E-state index in [-0.39, 0.29) is 0 Å². The summed E-state index contributed by atoms with van der Waals surface area (Å²) in [6.07, 6.45) is 0. The zero-order valence-corrected chi connectivity index (χ0v) is 11.0. The van der Waals surface area contributed by atoms with Gasteiger partial charge < -0.3 is 15.3 Å². The molecular weight excluding hydrogens is 230 g/mol. The summed E-state index contributed by atoms with van der Waals surface area (Å²) < 4.78 is 5.62. The standard InChI is InChI=1S/C13H19N3O2/c1-13(2,17)8-16(3)7-12-15-10-5-4-9(14)6-11(10)18-12/h4-6,17H,7-8,14H2,1-3H3. The van der Waals surface area contributed by atoms with Crippen LogP contribution in [0.25, 0.3) is 11.1 Å². The van der Waals surface area contributed by atoms with Crippen LogP contribution in [0.2, 0.25) is 0 Å². The number of oxazole rings is 1. The molecule has 0 radical (unpaired) electrons. The van der Waals surface area contributed by atoms with Gasteiger partial charge in [0.05, 0.1) is 12.1 Å². The third-order valence-electron chi connectivity index (χ3n) is 2.52. The number of rotatable bonds is 4. The molecule has 0 bridgehead atoms. The summed E-state index contributed by atoms with van der Waals surface area (Å²) >= 11 is 0. The molecular formula is C13H19N3O2. The Kier molecular flexibility index (Phi) is 3.28. The predicted molar refractivity (Wildman–Crippen MR) is 71.1 cm³/mol. The Morgan fingerprint density at radius 3 is 2.83 bits per heavy atom. The molecule has 0 aliphatic rings. The second-order valence-electron chi connectivity index (χ2n) is 5.32. The van der Waals surface area contributed by atoms with Crippen molar-refractivity contribution in [2.75, 3.05) is 19.3 Å². The molecule has 0 aliphatic heterocycles. The molecule has 2 aromatic rings. The Morgan fingerprint density at radius 2 is 2.17 bits per heavy atom. The Bertz CT molecular complexity index is 543. The Balaban J connectivity index is 2.12. The quantitative estimate of drug-likeness (QED) is 0.805. The normalized spacial score (nSPS) is 12.5. The number of nitrogen functional groups attached to an aromatic ring is 1. The molecule has 1 aromatic carbocycles. The Labute approximate surface area is 106 Å². The van der Waals surface area contributed by atoms with Gasteiger partial charge in [-0.25, -0.2) is 4.98 Å². The van der Waals surface area contributed by atoms with E-state index in [1.54, 1.807) is 26.0 Å². The topological polar surface area (TPSA) is 75.5 Å². The molecule has 0 amide bonds. The van der Waals surface area contributed by atoms with Crippen molar-refractivity contribution in [3.8, 4) is 0 Å². The summed E-state index contributed by atoms with van der Waals surface area (Å²) in [6.45, 7) is 4.65. The van der Waals surface area contributed by atoms with Gasteiger partial charge in [-0.15, -0.1) is 0 Å². The van der Waals surface area contributed by atoms with Crippen molar-refractivity contribution >= 4 is 16.8 Å². The van der Waals surface area contributed by atoms with Gasteiger partial charge in [0.25, 0.3) is 0 Å². The Morgan fingerprint density at radius 1 is 1.44 bits per heavy atom. The first kappa shape index (κ1) is 12.9. The lowest BCUT2D eigenvalue weighted by Crippen LogP contribution is -2.35. The van der Waals surface area contributed by atoms with Crippen LogP contribution in [0.15, 0.2) is 22.6 Å². The highest BCUT2D eigenvalue weighted by molar-refractivity contribution is 5.76. The fourth-order valence-corrected chi connectivity index (χ4v) is 2.00. The van der Waals surface area contributed by atoms with Gasteiger partial charge in [-0.3, -0.25) is 4.90 Å². The van der Waals surface area contributed by atoms with Crippen LogP contribution in [-0.2, 0) is 6.54 Å². The van der Waals surface area contributed by atoms with E-state index in [1.807, 2.05) is 18.0 Å². The summed E-state index contributed by atoms with van der Waals surface area (Å²) in [5.41, 5.74) is 7.12. The monoisotopic (exact) mass is 249 g/mol. The SMILES string of the molecule is CN(Cc1nc2ccc(N)cc2o1)CC(C)(C)O. The summed E-state index contributed by atoms with van der Waals surface area (Å²) in [5, 5.41) is 9.73. The van der Waals surface area contributed by atoms with E-state index >= 15 is 0 Å². The average Bonchev–Trinajstić information content (AvgIpc) is 2.55. The maximum absolute atomic E-state index is 9.73. The second kappa shape index (κ2) is 4.59. The smallest absolute Gasteiger partial charge is 0.209 e. The van der Waals surface area contributed by atoms with Gasteiger partial charge in [0.1, 0.15) is 5.52 Å². The summed E-state index contributed by atoms with van der Waals surface area (Å²) in [5.74, 6) is 0.627. The molecule has 1 aromatic heterocycles. The third-order valence-corrected chi connectivity index (χ3v) is 2.52. The molecule has 98 valence electrons. The number of nitrogens with zero attached hydrogens (tertiary/aromatic N) is 2. The van der Waals surface area contributed by atoms with E-state index in [2.05, 4.69) is 4.98 Å². The molecule has 0 unspecified atom stereocenters. The summed E-state index contributed by atoms with van der Waals surface area (Å²) in [4.78, 5) is 6.34. The van der Waals surface area contributed by atoms with Crippen LogP contribution in [0.1, 0.15) is 19.7 Å². The minimum Gasteiger partial charge on any atom is -0.439 e. The lowest BCUT2D eigenvalue weighted by molar-refractivity contribution is 0.0404. The van der Waals surface area contributed by atoms with Crippen LogP contribution in [-0.4, -0.2) is 34.2 Å². The number of aromatic nitrogens is 1. The van der Waals surface area contributed by atoms with Crippen LogP contribution in [0.4, 0.5) is 5.69 Å². The minimum absolute atomic E-state index is 0.549. The van der Waals surface area contributed by atoms with E-state index < -0.39 is 5.60 Å². The van der Waals surface area contributed by atoms with Crippen molar-refractivity contribution in [3.63, 3.8) is 0 Å². The molecule has 0 aliphatic carbocycles. The first-order valence-corrected chi connectivity index (χ1v) is 5.89. The van der Waals surface area contributed by atoms with Gasteiger partial charge in [0.15, 0.2) is 5.58 Å². The molecule has 5 nitrogen and oxygen atoms in total. The van der Waals surface area contributed by atoms with Crippen molar-refractivity contribution in [1.82, 2.24) is 9.88 Å². The predicted octanol–water partition coefficient (Wildman–Crippen LogP) is 1.61. The number of fused-ring (bicyclic) bond motifs is 1. The van der Waals surface area contributed by atoms with E-state index in [4.69, 9.17) is 10.2 Å². The summed E-state index contributed by atoms with van der Waals surface area (Å²) in [6, 6.07) is 5.41.